The molecular formula is C12H26N2. The van der Waals surface area contributed by atoms with Crippen molar-refractivity contribution < 1.29 is 0 Å². The van der Waals surface area contributed by atoms with Crippen LogP contribution in [0.3, 0.4) is 0 Å². The molecule has 84 valence electrons. The van der Waals surface area contributed by atoms with E-state index in [-0.39, 0.29) is 0 Å². The van der Waals surface area contributed by atoms with Crippen LogP contribution in [-0.2, 0) is 0 Å². The first kappa shape index (κ1) is 13.5. The minimum Gasteiger partial charge on any atom is -0.316 e. The molecular weight excluding hydrogens is 172 g/mol. The molecule has 0 aliphatic heterocycles. The Morgan fingerprint density at radius 1 is 1.29 bits per heavy atom. The monoisotopic (exact) mass is 198 g/mol. The van der Waals surface area contributed by atoms with E-state index in [1.807, 2.05) is 5.01 Å². The lowest BCUT2D eigenvalue weighted by Gasteiger charge is -2.23. The zero-order valence-corrected chi connectivity index (χ0v) is 10.4. The van der Waals surface area contributed by atoms with Gasteiger partial charge in [0, 0.05) is 12.2 Å². The van der Waals surface area contributed by atoms with Crippen LogP contribution in [0.15, 0.2) is 11.8 Å². The number of rotatable bonds is 6. The van der Waals surface area contributed by atoms with Crippen molar-refractivity contribution in [2.24, 2.45) is 11.8 Å². The summed E-state index contributed by atoms with van der Waals surface area (Å²) in [6.07, 6.45) is 5.56. The van der Waals surface area contributed by atoms with Crippen LogP contribution in [0.25, 0.3) is 0 Å². The third-order valence-electron chi connectivity index (χ3n) is 2.69. The molecule has 0 amide bonds. The Bertz CT molecular complexity index is 173. The van der Waals surface area contributed by atoms with Crippen molar-refractivity contribution in [1.82, 2.24) is 5.01 Å². The summed E-state index contributed by atoms with van der Waals surface area (Å²) >= 11 is 0. The van der Waals surface area contributed by atoms with Crippen LogP contribution in [0, 0.1) is 5.92 Å². The van der Waals surface area contributed by atoms with Gasteiger partial charge in [-0.1, -0.05) is 39.7 Å². The van der Waals surface area contributed by atoms with Crippen LogP contribution >= 0.6 is 0 Å². The van der Waals surface area contributed by atoms with Gasteiger partial charge in [0.25, 0.3) is 0 Å². The molecule has 2 nitrogen and oxygen atoms in total. The van der Waals surface area contributed by atoms with Crippen molar-refractivity contribution in [2.75, 3.05) is 0 Å². The van der Waals surface area contributed by atoms with Crippen LogP contribution < -0.4 is 5.84 Å². The highest BCUT2D eigenvalue weighted by Gasteiger charge is 2.07. The molecule has 0 aromatic rings. The lowest BCUT2D eigenvalue weighted by Crippen LogP contribution is -2.34. The van der Waals surface area contributed by atoms with Crippen LogP contribution in [0.2, 0.25) is 0 Å². The highest BCUT2D eigenvalue weighted by Crippen LogP contribution is 2.16. The topological polar surface area (TPSA) is 29.3 Å². The van der Waals surface area contributed by atoms with Crippen molar-refractivity contribution in [2.45, 2.75) is 59.9 Å². The first-order valence-electron chi connectivity index (χ1n) is 5.76. The lowest BCUT2D eigenvalue weighted by molar-refractivity contribution is 0.291. The average molecular weight is 198 g/mol. The average Bonchev–Trinajstić information content (AvgIpc) is 2.15. The van der Waals surface area contributed by atoms with Gasteiger partial charge in [0.1, 0.15) is 0 Å². The fraction of sp³-hybridized carbons (Fsp3) is 0.833. The first-order chi connectivity index (χ1) is 6.52. The molecule has 1 unspecified atom stereocenters. The van der Waals surface area contributed by atoms with Gasteiger partial charge in [0.2, 0.25) is 0 Å². The van der Waals surface area contributed by atoms with Gasteiger partial charge in [-0.05, 0) is 25.7 Å². The zero-order valence-electron chi connectivity index (χ0n) is 10.4. The lowest BCUT2D eigenvalue weighted by atomic mass is 10.00. The second-order valence-corrected chi connectivity index (χ2v) is 4.31. The second-order valence-electron chi connectivity index (χ2n) is 4.31. The summed E-state index contributed by atoms with van der Waals surface area (Å²) in [6.45, 7) is 11.0. The van der Waals surface area contributed by atoms with Crippen LogP contribution in [0.4, 0.5) is 0 Å². The molecule has 14 heavy (non-hydrogen) atoms. The Morgan fingerprint density at radius 3 is 2.21 bits per heavy atom. The van der Waals surface area contributed by atoms with Crippen molar-refractivity contribution in [3.63, 3.8) is 0 Å². The van der Waals surface area contributed by atoms with Crippen molar-refractivity contribution in [1.29, 1.82) is 0 Å². The first-order valence-corrected chi connectivity index (χ1v) is 5.76. The van der Waals surface area contributed by atoms with Gasteiger partial charge in [0.05, 0.1) is 0 Å². The number of hydrazine groups is 1. The molecule has 0 saturated carbocycles. The van der Waals surface area contributed by atoms with Gasteiger partial charge >= 0.3 is 0 Å². The Hall–Kier alpha value is -0.500. The van der Waals surface area contributed by atoms with Crippen LogP contribution in [0.1, 0.15) is 53.9 Å². The fourth-order valence-corrected chi connectivity index (χ4v) is 1.32. The zero-order chi connectivity index (χ0) is 11.1. The molecule has 0 spiro atoms. The summed E-state index contributed by atoms with van der Waals surface area (Å²) in [6, 6.07) is 0.431. The van der Waals surface area contributed by atoms with E-state index in [2.05, 4.69) is 40.8 Å². The summed E-state index contributed by atoms with van der Waals surface area (Å²) in [7, 11) is 0. The molecule has 0 aromatic heterocycles. The summed E-state index contributed by atoms with van der Waals surface area (Å²) in [5, 5.41) is 1.85. The Kier molecular flexibility index (Phi) is 6.64. The highest BCUT2D eigenvalue weighted by atomic mass is 15.4. The number of hydrogen-bond acceptors (Lipinski definition) is 2. The highest BCUT2D eigenvalue weighted by molar-refractivity contribution is 5.04. The Labute approximate surface area is 89.1 Å². The number of nitrogens with zero attached hydrogens (tertiary/aromatic N) is 1. The van der Waals surface area contributed by atoms with E-state index >= 15 is 0 Å². The molecule has 0 saturated heterocycles. The van der Waals surface area contributed by atoms with Gasteiger partial charge in [-0.25, -0.2) is 5.84 Å². The predicted molar refractivity (Wildman–Crippen MR) is 63.6 cm³/mol. The largest absolute Gasteiger partial charge is 0.316 e. The normalized spacial score (nSPS) is 14.6. The van der Waals surface area contributed by atoms with E-state index in [1.165, 1.54) is 12.0 Å². The summed E-state index contributed by atoms with van der Waals surface area (Å²) < 4.78 is 0. The number of allylic oxidation sites excluding steroid dienone is 1. The molecule has 0 rings (SSSR count). The maximum absolute atomic E-state index is 5.95. The summed E-state index contributed by atoms with van der Waals surface area (Å²) in [5.41, 5.74) is 1.45. The van der Waals surface area contributed by atoms with Crippen molar-refractivity contribution in [3.8, 4) is 0 Å². The van der Waals surface area contributed by atoms with Gasteiger partial charge in [0.15, 0.2) is 0 Å². The molecule has 0 aliphatic carbocycles. The summed E-state index contributed by atoms with van der Waals surface area (Å²) in [5.74, 6) is 6.56. The van der Waals surface area contributed by atoms with E-state index in [0.717, 1.165) is 12.8 Å². The van der Waals surface area contributed by atoms with E-state index in [0.29, 0.717) is 12.0 Å². The van der Waals surface area contributed by atoms with Gasteiger partial charge in [-0.15, -0.1) is 0 Å². The molecule has 0 aromatic carbocycles. The van der Waals surface area contributed by atoms with Crippen LogP contribution in [-0.4, -0.2) is 11.1 Å². The van der Waals surface area contributed by atoms with Crippen molar-refractivity contribution >= 4 is 0 Å². The minimum atomic E-state index is 0.431. The molecule has 0 aliphatic rings. The fourth-order valence-electron chi connectivity index (χ4n) is 1.32. The molecule has 0 fully saturated rings. The molecule has 2 N–H and O–H groups in total. The SMILES string of the molecule is CCC/C(=C\N(N)C(C)CC)C(C)C. The maximum Gasteiger partial charge on any atom is 0.0414 e. The number of hydrogen-bond donors (Lipinski definition) is 1. The Morgan fingerprint density at radius 2 is 1.86 bits per heavy atom. The summed E-state index contributed by atoms with van der Waals surface area (Å²) in [4.78, 5) is 0. The quantitative estimate of drug-likeness (QED) is 0.524. The minimum absolute atomic E-state index is 0.431. The number of nitrogens with two attached hydrogens (primary N) is 1. The van der Waals surface area contributed by atoms with E-state index in [1.54, 1.807) is 0 Å². The van der Waals surface area contributed by atoms with E-state index in [9.17, 15) is 0 Å². The molecule has 0 radical (unpaired) electrons. The van der Waals surface area contributed by atoms with Crippen molar-refractivity contribution in [3.05, 3.63) is 11.8 Å². The maximum atomic E-state index is 5.95. The van der Waals surface area contributed by atoms with Crippen LogP contribution in [0.5, 0.6) is 0 Å². The standard InChI is InChI=1S/C12H26N2/c1-6-8-12(10(3)4)9-14(13)11(5)7-2/h9-11H,6-8,13H2,1-5H3/b12-9+. The van der Waals surface area contributed by atoms with Gasteiger partial charge < -0.3 is 5.01 Å². The molecule has 2 heteroatoms. The third-order valence-corrected chi connectivity index (χ3v) is 2.69. The molecule has 0 heterocycles. The second kappa shape index (κ2) is 6.88. The Balaban J connectivity index is 4.39. The van der Waals surface area contributed by atoms with Gasteiger partial charge in [-0.2, -0.15) is 0 Å². The third kappa shape index (κ3) is 4.66. The smallest absolute Gasteiger partial charge is 0.0414 e. The van der Waals surface area contributed by atoms with Gasteiger partial charge in [-0.3, -0.25) is 0 Å². The van der Waals surface area contributed by atoms with E-state index < -0.39 is 0 Å². The van der Waals surface area contributed by atoms with E-state index in [4.69, 9.17) is 5.84 Å². The molecule has 1 atom stereocenters. The molecule has 0 bridgehead atoms. The predicted octanol–water partition coefficient (Wildman–Crippen LogP) is 3.30.